The quantitative estimate of drug-likeness (QED) is 0.715. The van der Waals surface area contributed by atoms with E-state index in [1.54, 1.807) is 30.3 Å². The number of fused-ring (bicyclic) bond motifs is 2. The van der Waals surface area contributed by atoms with Gasteiger partial charge in [-0.3, -0.25) is 4.79 Å². The molecule has 1 amide bonds. The lowest BCUT2D eigenvalue weighted by atomic mass is 10.1. The summed E-state index contributed by atoms with van der Waals surface area (Å²) >= 11 is 0. The van der Waals surface area contributed by atoms with E-state index in [0.717, 1.165) is 10.8 Å². The molecule has 0 unspecified atom stereocenters. The Morgan fingerprint density at radius 1 is 0.963 bits per heavy atom. The van der Waals surface area contributed by atoms with Gasteiger partial charge in [0, 0.05) is 11.8 Å². The Morgan fingerprint density at radius 2 is 1.74 bits per heavy atom. The molecule has 1 N–H and O–H groups in total. The number of rotatable bonds is 4. The summed E-state index contributed by atoms with van der Waals surface area (Å²) < 4.78 is 15.8. The first-order valence-corrected chi connectivity index (χ1v) is 8.50. The number of hydrogen-bond acceptors (Lipinski definition) is 5. The van der Waals surface area contributed by atoms with Crippen molar-refractivity contribution in [3.8, 4) is 11.5 Å². The number of amides is 1. The smallest absolute Gasteiger partial charge is 0.338 e. The van der Waals surface area contributed by atoms with Gasteiger partial charge in [0.2, 0.25) is 6.79 Å². The Balaban J connectivity index is 1.42. The molecule has 0 saturated carbocycles. The van der Waals surface area contributed by atoms with E-state index in [1.165, 1.54) is 6.92 Å². The van der Waals surface area contributed by atoms with Gasteiger partial charge >= 0.3 is 5.97 Å². The molecule has 1 aliphatic heterocycles. The van der Waals surface area contributed by atoms with Crippen LogP contribution in [0.15, 0.2) is 60.7 Å². The molecular formula is C21H17NO5. The van der Waals surface area contributed by atoms with Crippen LogP contribution in [0.1, 0.15) is 17.3 Å². The molecule has 0 aromatic heterocycles. The lowest BCUT2D eigenvalue weighted by Crippen LogP contribution is -2.30. The van der Waals surface area contributed by atoms with E-state index >= 15 is 0 Å². The van der Waals surface area contributed by atoms with Crippen molar-refractivity contribution in [2.75, 3.05) is 12.1 Å². The minimum Gasteiger partial charge on any atom is -0.454 e. The topological polar surface area (TPSA) is 73.9 Å². The molecule has 0 saturated heterocycles. The molecule has 0 bridgehead atoms. The van der Waals surface area contributed by atoms with Crippen LogP contribution in [0, 0.1) is 0 Å². The lowest BCUT2D eigenvalue weighted by Gasteiger charge is -2.14. The lowest BCUT2D eigenvalue weighted by molar-refractivity contribution is -0.123. The summed E-state index contributed by atoms with van der Waals surface area (Å²) in [7, 11) is 0. The van der Waals surface area contributed by atoms with Crippen LogP contribution in [-0.2, 0) is 9.53 Å². The van der Waals surface area contributed by atoms with E-state index in [-0.39, 0.29) is 6.79 Å². The second kappa shape index (κ2) is 6.99. The van der Waals surface area contributed by atoms with Gasteiger partial charge in [0.05, 0.1) is 5.56 Å². The van der Waals surface area contributed by atoms with Crippen molar-refractivity contribution in [2.24, 2.45) is 0 Å². The highest BCUT2D eigenvalue weighted by Crippen LogP contribution is 2.34. The summed E-state index contributed by atoms with van der Waals surface area (Å²) in [5.74, 6) is 0.217. The minimum atomic E-state index is -0.950. The van der Waals surface area contributed by atoms with Crippen molar-refractivity contribution in [3.05, 3.63) is 66.2 Å². The molecule has 136 valence electrons. The van der Waals surface area contributed by atoms with Crippen LogP contribution < -0.4 is 14.8 Å². The number of carbonyl (C=O) groups excluding carboxylic acids is 2. The van der Waals surface area contributed by atoms with Gasteiger partial charge in [-0.1, -0.05) is 30.3 Å². The molecule has 0 fully saturated rings. The number of benzene rings is 3. The Labute approximate surface area is 155 Å². The molecule has 0 aliphatic carbocycles. The fraction of sp³-hybridized carbons (Fsp3) is 0.143. The maximum atomic E-state index is 12.4. The van der Waals surface area contributed by atoms with Gasteiger partial charge in [-0.2, -0.15) is 0 Å². The van der Waals surface area contributed by atoms with Crippen molar-refractivity contribution in [3.63, 3.8) is 0 Å². The molecule has 0 spiro atoms. The summed E-state index contributed by atoms with van der Waals surface area (Å²) in [6.07, 6.45) is -0.950. The SMILES string of the molecule is C[C@@H](OC(=O)c1ccc2ccccc2c1)C(=O)Nc1ccc2c(c1)OCO2. The largest absolute Gasteiger partial charge is 0.454 e. The zero-order valence-electron chi connectivity index (χ0n) is 14.6. The first kappa shape index (κ1) is 16.9. The minimum absolute atomic E-state index is 0.159. The summed E-state index contributed by atoms with van der Waals surface area (Å²) in [4.78, 5) is 24.7. The van der Waals surface area contributed by atoms with E-state index in [9.17, 15) is 9.59 Å². The van der Waals surface area contributed by atoms with Gasteiger partial charge in [0.25, 0.3) is 5.91 Å². The van der Waals surface area contributed by atoms with E-state index in [4.69, 9.17) is 14.2 Å². The fourth-order valence-corrected chi connectivity index (χ4v) is 2.82. The fourth-order valence-electron chi connectivity index (χ4n) is 2.82. The van der Waals surface area contributed by atoms with Gasteiger partial charge in [-0.25, -0.2) is 4.79 Å². The van der Waals surface area contributed by atoms with Crippen molar-refractivity contribution < 1.29 is 23.8 Å². The van der Waals surface area contributed by atoms with Gasteiger partial charge in [-0.15, -0.1) is 0 Å². The number of anilines is 1. The van der Waals surface area contributed by atoms with Gasteiger partial charge in [0.15, 0.2) is 17.6 Å². The average molecular weight is 363 g/mol. The standard InChI is InChI=1S/C21H17NO5/c1-13(20(23)22-17-8-9-18-19(11-17)26-12-25-18)27-21(24)16-7-6-14-4-2-3-5-15(14)10-16/h2-11,13H,12H2,1H3,(H,22,23)/t13-/m1/s1. The van der Waals surface area contributed by atoms with Crippen molar-refractivity contribution in [1.82, 2.24) is 0 Å². The molecule has 3 aromatic carbocycles. The van der Waals surface area contributed by atoms with Crippen LogP contribution in [0.3, 0.4) is 0 Å². The molecular weight excluding hydrogens is 346 g/mol. The van der Waals surface area contributed by atoms with Crippen molar-refractivity contribution in [2.45, 2.75) is 13.0 Å². The van der Waals surface area contributed by atoms with Crippen LogP contribution >= 0.6 is 0 Å². The third-order valence-corrected chi connectivity index (χ3v) is 4.28. The molecule has 1 atom stereocenters. The molecule has 6 nitrogen and oxygen atoms in total. The molecule has 1 aliphatic rings. The van der Waals surface area contributed by atoms with Gasteiger partial charge < -0.3 is 19.5 Å². The molecule has 27 heavy (non-hydrogen) atoms. The van der Waals surface area contributed by atoms with Gasteiger partial charge in [-0.05, 0) is 42.0 Å². The highest BCUT2D eigenvalue weighted by Gasteiger charge is 2.20. The average Bonchev–Trinajstić information content (AvgIpc) is 3.15. The zero-order valence-corrected chi connectivity index (χ0v) is 14.6. The summed E-state index contributed by atoms with van der Waals surface area (Å²) in [6.45, 7) is 1.69. The normalized spacial score (nSPS) is 13.2. The van der Waals surface area contributed by atoms with Crippen LogP contribution in [-0.4, -0.2) is 24.8 Å². The van der Waals surface area contributed by atoms with E-state index in [1.807, 2.05) is 30.3 Å². The highest BCUT2D eigenvalue weighted by molar-refractivity contribution is 5.99. The van der Waals surface area contributed by atoms with Crippen LogP contribution in [0.4, 0.5) is 5.69 Å². The first-order chi connectivity index (χ1) is 13.1. The van der Waals surface area contributed by atoms with Crippen LogP contribution in [0.25, 0.3) is 10.8 Å². The molecule has 1 heterocycles. The van der Waals surface area contributed by atoms with E-state index in [2.05, 4.69) is 5.32 Å². The zero-order chi connectivity index (χ0) is 18.8. The van der Waals surface area contributed by atoms with Crippen LogP contribution in [0.5, 0.6) is 11.5 Å². The summed E-state index contributed by atoms with van der Waals surface area (Å²) in [5.41, 5.74) is 0.939. The monoisotopic (exact) mass is 363 g/mol. The van der Waals surface area contributed by atoms with Gasteiger partial charge in [0.1, 0.15) is 0 Å². The number of esters is 1. The maximum Gasteiger partial charge on any atom is 0.338 e. The first-order valence-electron chi connectivity index (χ1n) is 8.50. The van der Waals surface area contributed by atoms with Crippen LogP contribution in [0.2, 0.25) is 0 Å². The van der Waals surface area contributed by atoms with E-state index < -0.39 is 18.0 Å². The number of ether oxygens (including phenoxy) is 3. The summed E-state index contributed by atoms with van der Waals surface area (Å²) in [5, 5.41) is 4.67. The number of carbonyl (C=O) groups is 2. The summed E-state index contributed by atoms with van der Waals surface area (Å²) in [6, 6.07) is 18.1. The predicted molar refractivity (Wildman–Crippen MR) is 100 cm³/mol. The Kier molecular flexibility index (Phi) is 4.38. The molecule has 3 aromatic rings. The molecule has 0 radical (unpaired) electrons. The maximum absolute atomic E-state index is 12.4. The Bertz CT molecular complexity index is 1030. The third-order valence-electron chi connectivity index (χ3n) is 4.28. The van der Waals surface area contributed by atoms with Crippen molar-refractivity contribution >= 4 is 28.3 Å². The Morgan fingerprint density at radius 3 is 2.59 bits per heavy atom. The van der Waals surface area contributed by atoms with E-state index in [0.29, 0.717) is 22.7 Å². The number of nitrogens with one attached hydrogen (secondary N) is 1. The predicted octanol–water partition coefficient (Wildman–Crippen LogP) is 3.75. The third kappa shape index (κ3) is 3.55. The number of hydrogen-bond donors (Lipinski definition) is 1. The highest BCUT2D eigenvalue weighted by atomic mass is 16.7. The van der Waals surface area contributed by atoms with Crippen molar-refractivity contribution in [1.29, 1.82) is 0 Å². The molecule has 4 rings (SSSR count). The Hall–Kier alpha value is -3.54. The molecule has 6 heteroatoms. The second-order valence-electron chi connectivity index (χ2n) is 6.17. The second-order valence-corrected chi connectivity index (χ2v) is 6.17.